The monoisotopic (exact) mass is 349 g/mol. The largest absolute Gasteiger partial charge is 0.266 e. The summed E-state index contributed by atoms with van der Waals surface area (Å²) in [4.78, 5) is 0.757. The van der Waals surface area contributed by atoms with Crippen LogP contribution >= 0.6 is 11.6 Å². The van der Waals surface area contributed by atoms with Crippen LogP contribution < -0.4 is 0 Å². The van der Waals surface area contributed by atoms with Gasteiger partial charge in [-0.2, -0.15) is 4.21 Å². The summed E-state index contributed by atoms with van der Waals surface area (Å²) < 4.78 is 12.9. The predicted octanol–water partition coefficient (Wildman–Crippen LogP) is 4.48. The van der Waals surface area contributed by atoms with Gasteiger partial charge in [-0.05, 0) is 44.5 Å². The van der Waals surface area contributed by atoms with Crippen LogP contribution in [0.1, 0.15) is 23.6 Å². The van der Waals surface area contributed by atoms with E-state index in [0.29, 0.717) is 5.02 Å². The topological polar surface area (TPSA) is 29.4 Å². The van der Waals surface area contributed by atoms with Crippen LogP contribution in [0.4, 0.5) is 0 Å². The van der Waals surface area contributed by atoms with E-state index < -0.39 is 11.0 Å². The maximum Gasteiger partial charge on any atom is 0.266 e. The third kappa shape index (κ3) is 4.08. The Hall–Kier alpha value is -1.49. The van der Waals surface area contributed by atoms with Gasteiger partial charge in [0, 0.05) is 5.56 Å². The van der Waals surface area contributed by atoms with E-state index >= 15 is 0 Å². The number of benzene rings is 2. The first-order chi connectivity index (χ1) is 10.7. The van der Waals surface area contributed by atoms with Crippen LogP contribution in [0.2, 0.25) is 5.02 Å². The van der Waals surface area contributed by atoms with Gasteiger partial charge in [-0.1, -0.05) is 46.5 Å². The molecule has 0 N–H and O–H groups in total. The van der Waals surface area contributed by atoms with Gasteiger partial charge in [-0.25, -0.2) is 0 Å². The normalized spacial score (nSPS) is 13.9. The molecule has 0 aliphatic carbocycles. The second kappa shape index (κ2) is 6.95. The van der Waals surface area contributed by atoms with Gasteiger partial charge in [0.05, 0.1) is 9.92 Å². The molecule has 0 radical (unpaired) electrons. The molecular weight excluding hydrogens is 328 g/mol. The number of hydrogen-bond acceptors (Lipinski definition) is 2. The van der Waals surface area contributed by atoms with Crippen molar-refractivity contribution in [1.29, 1.82) is 0 Å². The van der Waals surface area contributed by atoms with Crippen molar-refractivity contribution >= 4 is 28.3 Å². The number of nitrogens with zero attached hydrogens (tertiary/aromatic N) is 2. The molecule has 0 saturated heterocycles. The summed E-state index contributed by atoms with van der Waals surface area (Å²) in [6, 6.07) is 13.5. The minimum absolute atomic E-state index is 0.000439. The minimum atomic E-state index is -1.30. The highest BCUT2D eigenvalue weighted by Gasteiger charge is 2.27. The lowest BCUT2D eigenvalue weighted by molar-refractivity contribution is -0.764. The highest BCUT2D eigenvalue weighted by atomic mass is 35.5. The van der Waals surface area contributed by atoms with Crippen LogP contribution in [-0.4, -0.2) is 28.0 Å². The molecule has 2 aromatic carbocycles. The average molecular weight is 350 g/mol. The fraction of sp³-hybridized carbons (Fsp3) is 0.278. The van der Waals surface area contributed by atoms with Gasteiger partial charge < -0.3 is 0 Å². The van der Waals surface area contributed by atoms with Gasteiger partial charge >= 0.3 is 0 Å². The SMILES string of the molecule is C/C(=N/[N+](C)(C)S(=O)c1ccc(C)cc1)c1c(C)cccc1Cl. The Kier molecular flexibility index (Phi) is 5.40. The third-order valence-corrected chi connectivity index (χ3v) is 5.49. The first-order valence-corrected chi connectivity index (χ1v) is 8.86. The van der Waals surface area contributed by atoms with Crippen molar-refractivity contribution < 1.29 is 8.21 Å². The Morgan fingerprint density at radius 1 is 1.09 bits per heavy atom. The van der Waals surface area contributed by atoms with E-state index in [1.807, 2.05) is 77.3 Å². The van der Waals surface area contributed by atoms with E-state index in [1.54, 1.807) is 0 Å². The summed E-state index contributed by atoms with van der Waals surface area (Å²) in [6.07, 6.45) is 0. The highest BCUT2D eigenvalue weighted by Crippen LogP contribution is 2.23. The molecule has 0 amide bonds. The molecule has 0 aliphatic rings. The van der Waals surface area contributed by atoms with E-state index in [-0.39, 0.29) is 4.00 Å². The van der Waals surface area contributed by atoms with Gasteiger partial charge in [0.15, 0.2) is 0 Å². The Labute approximate surface area is 145 Å². The van der Waals surface area contributed by atoms with Gasteiger partial charge in [0.2, 0.25) is 0 Å². The van der Waals surface area contributed by atoms with Crippen molar-refractivity contribution in [2.75, 3.05) is 14.1 Å². The summed E-state index contributed by atoms with van der Waals surface area (Å²) in [5.74, 6) is 0. The van der Waals surface area contributed by atoms with Crippen molar-refractivity contribution in [2.45, 2.75) is 25.7 Å². The molecule has 1 atom stereocenters. The van der Waals surface area contributed by atoms with Crippen molar-refractivity contribution in [3.05, 3.63) is 64.2 Å². The summed E-state index contributed by atoms with van der Waals surface area (Å²) in [7, 11) is 2.35. The zero-order chi connectivity index (χ0) is 17.2. The molecule has 2 rings (SSSR count). The Morgan fingerprint density at radius 2 is 1.70 bits per heavy atom. The molecule has 2 aromatic rings. The molecule has 0 aromatic heterocycles. The van der Waals surface area contributed by atoms with Crippen molar-refractivity contribution in [3.63, 3.8) is 0 Å². The van der Waals surface area contributed by atoms with Crippen LogP contribution in [0.3, 0.4) is 0 Å². The standard InChI is InChI=1S/C18H22ClN2OS/c1-13-9-11-16(12-10-13)23(22)21(4,5)20-15(3)18-14(2)7-6-8-17(18)19/h6-12H,1-5H3/q+1/b20-15-. The minimum Gasteiger partial charge on any atom is -0.189 e. The van der Waals surface area contributed by atoms with Gasteiger partial charge in [-0.3, -0.25) is 0 Å². The molecule has 5 heteroatoms. The lowest BCUT2D eigenvalue weighted by Crippen LogP contribution is -2.36. The second-order valence-electron chi connectivity index (χ2n) is 5.97. The van der Waals surface area contributed by atoms with Crippen LogP contribution in [0.25, 0.3) is 0 Å². The Morgan fingerprint density at radius 3 is 2.26 bits per heavy atom. The van der Waals surface area contributed by atoms with Crippen molar-refractivity contribution in [3.8, 4) is 0 Å². The molecule has 122 valence electrons. The summed E-state index contributed by atoms with van der Waals surface area (Å²) in [6.45, 7) is 5.91. The zero-order valence-corrected chi connectivity index (χ0v) is 15.7. The number of hydrogen-bond donors (Lipinski definition) is 0. The molecule has 0 fully saturated rings. The lowest BCUT2D eigenvalue weighted by Gasteiger charge is -2.21. The van der Waals surface area contributed by atoms with Crippen LogP contribution in [0.15, 0.2) is 52.5 Å². The van der Waals surface area contributed by atoms with E-state index in [1.165, 1.54) is 0 Å². The van der Waals surface area contributed by atoms with Gasteiger partial charge in [-0.15, -0.1) is 4.00 Å². The molecule has 0 aliphatic heterocycles. The molecular formula is C18H22ClN2OS+. The summed E-state index contributed by atoms with van der Waals surface area (Å²) >= 11 is 6.30. The van der Waals surface area contributed by atoms with E-state index in [9.17, 15) is 4.21 Å². The highest BCUT2D eigenvalue weighted by molar-refractivity contribution is 7.79. The second-order valence-corrected chi connectivity index (χ2v) is 8.24. The first kappa shape index (κ1) is 17.9. The number of halogens is 1. The van der Waals surface area contributed by atoms with Gasteiger partial charge in [0.25, 0.3) is 11.0 Å². The van der Waals surface area contributed by atoms with Crippen LogP contribution in [0, 0.1) is 13.8 Å². The molecule has 23 heavy (non-hydrogen) atoms. The molecule has 0 heterocycles. The maximum atomic E-state index is 12.9. The fourth-order valence-corrected chi connectivity index (χ4v) is 3.89. The summed E-state index contributed by atoms with van der Waals surface area (Å²) in [5.41, 5.74) is 3.88. The van der Waals surface area contributed by atoms with E-state index in [4.69, 9.17) is 11.6 Å². The zero-order valence-electron chi connectivity index (χ0n) is 14.1. The van der Waals surface area contributed by atoms with Crippen molar-refractivity contribution in [2.24, 2.45) is 5.10 Å². The number of quaternary nitrogens is 1. The smallest absolute Gasteiger partial charge is 0.189 e. The molecule has 0 bridgehead atoms. The summed E-state index contributed by atoms with van der Waals surface area (Å²) in [5, 5.41) is 5.33. The first-order valence-electron chi connectivity index (χ1n) is 7.38. The average Bonchev–Trinajstić information content (AvgIpc) is 2.46. The maximum absolute atomic E-state index is 12.9. The molecule has 0 spiro atoms. The number of aryl methyl sites for hydroxylation is 2. The fourth-order valence-electron chi connectivity index (χ4n) is 2.45. The molecule has 3 nitrogen and oxygen atoms in total. The van der Waals surface area contributed by atoms with Gasteiger partial charge in [0.1, 0.15) is 19.8 Å². The quantitative estimate of drug-likeness (QED) is 0.454. The van der Waals surface area contributed by atoms with E-state index in [0.717, 1.165) is 27.3 Å². The van der Waals surface area contributed by atoms with E-state index in [2.05, 4.69) is 5.10 Å². The third-order valence-electron chi connectivity index (χ3n) is 3.60. The Bertz CT molecular complexity index is 747. The molecule has 1 unspecified atom stereocenters. The lowest BCUT2D eigenvalue weighted by atomic mass is 10.1. The predicted molar refractivity (Wildman–Crippen MR) is 98.1 cm³/mol. The molecule has 0 saturated carbocycles. The Balaban J connectivity index is 2.39. The number of rotatable bonds is 4. The van der Waals surface area contributed by atoms with Crippen LogP contribution in [-0.2, 0) is 11.0 Å². The van der Waals surface area contributed by atoms with Crippen LogP contribution in [0.5, 0.6) is 0 Å². The van der Waals surface area contributed by atoms with Crippen molar-refractivity contribution in [1.82, 2.24) is 0 Å².